The van der Waals surface area contributed by atoms with E-state index in [0.717, 1.165) is 9.35 Å². The molecule has 0 spiro atoms. The van der Waals surface area contributed by atoms with E-state index in [-0.39, 0.29) is 6.61 Å². The molecule has 0 aliphatic carbocycles. The third kappa shape index (κ3) is 3.63. The summed E-state index contributed by atoms with van der Waals surface area (Å²) in [5.41, 5.74) is 0.611. The summed E-state index contributed by atoms with van der Waals surface area (Å²) < 4.78 is 12.0. The molecule has 0 fully saturated rings. The largest absolute Gasteiger partial charge is 0.493 e. The lowest BCUT2D eigenvalue weighted by Crippen LogP contribution is -2.00. The van der Waals surface area contributed by atoms with Gasteiger partial charge in [0, 0.05) is 31.4 Å². The van der Waals surface area contributed by atoms with Gasteiger partial charge in [0.15, 0.2) is 11.5 Å². The second-order valence-corrected chi connectivity index (χ2v) is 6.12. The molecule has 0 atom stereocenters. The fourth-order valence-electron chi connectivity index (χ4n) is 1.63. The Labute approximate surface area is 128 Å². The molecule has 2 rings (SSSR count). The molecular weight excluding hydrogens is 352 g/mol. The molecule has 1 aromatic carbocycles. The topological polar surface area (TPSA) is 38.7 Å². The lowest BCUT2D eigenvalue weighted by Gasteiger charge is -2.14. The molecule has 19 heavy (non-hydrogen) atoms. The summed E-state index contributed by atoms with van der Waals surface area (Å²) in [5.74, 6) is 1.05. The number of benzene rings is 1. The molecule has 6 heteroatoms. The van der Waals surface area contributed by atoms with Crippen molar-refractivity contribution in [2.24, 2.45) is 0 Å². The van der Waals surface area contributed by atoms with Crippen LogP contribution in [-0.4, -0.2) is 12.2 Å². The second kappa shape index (κ2) is 6.61. The van der Waals surface area contributed by atoms with Crippen LogP contribution in [0.15, 0.2) is 28.1 Å². The van der Waals surface area contributed by atoms with Crippen LogP contribution in [0.4, 0.5) is 0 Å². The highest BCUT2D eigenvalue weighted by molar-refractivity contribution is 9.10. The highest BCUT2D eigenvalue weighted by Gasteiger charge is 2.13. The van der Waals surface area contributed by atoms with Gasteiger partial charge in [-0.3, -0.25) is 0 Å². The van der Waals surface area contributed by atoms with Crippen LogP contribution >= 0.6 is 38.9 Å². The molecule has 2 aromatic rings. The maximum atomic E-state index is 9.37. The van der Waals surface area contributed by atoms with E-state index < -0.39 is 0 Å². The van der Waals surface area contributed by atoms with Crippen LogP contribution in [0, 0.1) is 0 Å². The highest BCUT2D eigenvalue weighted by atomic mass is 79.9. The molecule has 3 nitrogen and oxygen atoms in total. The van der Waals surface area contributed by atoms with Crippen molar-refractivity contribution in [3.05, 3.63) is 43.5 Å². The van der Waals surface area contributed by atoms with E-state index in [1.165, 1.54) is 0 Å². The summed E-state index contributed by atoms with van der Waals surface area (Å²) in [6.45, 7) is 0.266. The summed E-state index contributed by atoms with van der Waals surface area (Å²) in [6.07, 6.45) is 0. The van der Waals surface area contributed by atoms with Gasteiger partial charge < -0.3 is 14.6 Å². The summed E-state index contributed by atoms with van der Waals surface area (Å²) in [7, 11) is 1.54. The molecule has 0 bridgehead atoms. The smallest absolute Gasteiger partial charge is 0.167 e. The van der Waals surface area contributed by atoms with Crippen LogP contribution in [0.25, 0.3) is 0 Å². The van der Waals surface area contributed by atoms with Crippen molar-refractivity contribution in [3.63, 3.8) is 0 Å². The van der Waals surface area contributed by atoms with E-state index in [9.17, 15) is 5.11 Å². The summed E-state index contributed by atoms with van der Waals surface area (Å²) >= 11 is 10.9. The first kappa shape index (κ1) is 14.7. The van der Waals surface area contributed by atoms with E-state index in [2.05, 4.69) is 15.9 Å². The first-order valence-electron chi connectivity index (χ1n) is 5.47. The molecule has 0 unspecified atom stereocenters. The van der Waals surface area contributed by atoms with Gasteiger partial charge >= 0.3 is 0 Å². The number of aliphatic hydroxyl groups is 1. The minimum absolute atomic E-state index is 0.152. The molecule has 1 aromatic heterocycles. The number of aliphatic hydroxyl groups excluding tert-OH is 1. The van der Waals surface area contributed by atoms with Gasteiger partial charge in [-0.05, 0) is 28.1 Å². The van der Waals surface area contributed by atoms with Gasteiger partial charge in [-0.25, -0.2) is 0 Å². The van der Waals surface area contributed by atoms with Crippen molar-refractivity contribution in [1.29, 1.82) is 0 Å². The van der Waals surface area contributed by atoms with E-state index in [1.807, 2.05) is 11.4 Å². The first-order valence-corrected chi connectivity index (χ1v) is 7.52. The van der Waals surface area contributed by atoms with Gasteiger partial charge in [0.05, 0.1) is 13.7 Å². The minimum Gasteiger partial charge on any atom is -0.493 e. The van der Waals surface area contributed by atoms with Crippen LogP contribution in [0.5, 0.6) is 11.5 Å². The van der Waals surface area contributed by atoms with Crippen LogP contribution in [0.3, 0.4) is 0 Å². The molecule has 0 amide bonds. The summed E-state index contributed by atoms with van der Waals surface area (Å²) in [5, 5.41) is 11.9. The maximum Gasteiger partial charge on any atom is 0.167 e. The van der Waals surface area contributed by atoms with Crippen molar-refractivity contribution in [2.75, 3.05) is 7.11 Å². The number of methoxy groups -OCH3 is 1. The third-order valence-corrected chi connectivity index (χ3v) is 4.36. The van der Waals surface area contributed by atoms with E-state index in [4.69, 9.17) is 21.1 Å². The van der Waals surface area contributed by atoms with Crippen molar-refractivity contribution in [3.8, 4) is 11.5 Å². The Morgan fingerprint density at radius 2 is 2.16 bits per heavy atom. The average molecular weight is 364 g/mol. The Morgan fingerprint density at radius 3 is 2.74 bits per heavy atom. The first-order chi connectivity index (χ1) is 9.13. The van der Waals surface area contributed by atoms with Gasteiger partial charge in [0.2, 0.25) is 0 Å². The summed E-state index contributed by atoms with van der Waals surface area (Å²) in [4.78, 5) is 1.08. The zero-order valence-corrected chi connectivity index (χ0v) is 13.3. The van der Waals surface area contributed by atoms with Gasteiger partial charge in [-0.2, -0.15) is 0 Å². The Hall–Kier alpha value is -0.750. The van der Waals surface area contributed by atoms with E-state index >= 15 is 0 Å². The predicted molar refractivity (Wildman–Crippen MR) is 80.3 cm³/mol. The van der Waals surface area contributed by atoms with Crippen molar-refractivity contribution < 1.29 is 14.6 Å². The standard InChI is InChI=1S/C13H12BrClO3S/c1-17-12-4-10(15)2-8(5-16)13(12)18-6-11-3-9(14)7-19-11/h2-4,7,16H,5-6H2,1H3. The second-order valence-electron chi connectivity index (χ2n) is 3.77. The minimum atomic E-state index is -0.152. The van der Waals surface area contributed by atoms with E-state index in [0.29, 0.717) is 28.7 Å². The molecule has 1 heterocycles. The quantitative estimate of drug-likeness (QED) is 0.863. The number of hydrogen-bond donors (Lipinski definition) is 1. The molecule has 102 valence electrons. The maximum absolute atomic E-state index is 9.37. The third-order valence-electron chi connectivity index (χ3n) is 2.47. The molecule has 0 aliphatic heterocycles. The fourth-order valence-corrected chi connectivity index (χ4v) is 3.22. The van der Waals surface area contributed by atoms with Crippen LogP contribution in [0.2, 0.25) is 5.02 Å². The number of halogens is 2. The molecule has 0 radical (unpaired) electrons. The van der Waals surface area contributed by atoms with Gasteiger partial charge in [0.25, 0.3) is 0 Å². The number of ether oxygens (including phenoxy) is 2. The van der Waals surface area contributed by atoms with Gasteiger partial charge in [0.1, 0.15) is 6.61 Å². The summed E-state index contributed by atoms with van der Waals surface area (Å²) in [6, 6.07) is 5.33. The average Bonchev–Trinajstić information content (AvgIpc) is 2.81. The molecule has 0 saturated carbocycles. The van der Waals surface area contributed by atoms with Crippen LogP contribution in [-0.2, 0) is 13.2 Å². The van der Waals surface area contributed by atoms with Crippen LogP contribution in [0.1, 0.15) is 10.4 Å². The lowest BCUT2D eigenvalue weighted by molar-refractivity contribution is 0.251. The monoisotopic (exact) mass is 362 g/mol. The van der Waals surface area contributed by atoms with Crippen molar-refractivity contribution in [1.82, 2.24) is 0 Å². The molecule has 0 aliphatic rings. The predicted octanol–water partition coefficient (Wildman–Crippen LogP) is 4.24. The van der Waals surface area contributed by atoms with Crippen molar-refractivity contribution in [2.45, 2.75) is 13.2 Å². The SMILES string of the molecule is COc1cc(Cl)cc(CO)c1OCc1cc(Br)cs1. The number of hydrogen-bond acceptors (Lipinski definition) is 4. The van der Waals surface area contributed by atoms with Crippen molar-refractivity contribution >= 4 is 38.9 Å². The lowest BCUT2D eigenvalue weighted by atomic mass is 10.2. The number of rotatable bonds is 5. The Morgan fingerprint density at radius 1 is 1.37 bits per heavy atom. The number of thiophene rings is 1. The van der Waals surface area contributed by atoms with Crippen LogP contribution < -0.4 is 9.47 Å². The zero-order valence-electron chi connectivity index (χ0n) is 10.2. The Balaban J connectivity index is 2.23. The Kier molecular flexibility index (Phi) is 5.10. The van der Waals surface area contributed by atoms with E-state index in [1.54, 1.807) is 30.6 Å². The molecule has 0 saturated heterocycles. The van der Waals surface area contributed by atoms with Gasteiger partial charge in [-0.1, -0.05) is 11.6 Å². The zero-order chi connectivity index (χ0) is 13.8. The molecular formula is C13H12BrClO3S. The fraction of sp³-hybridized carbons (Fsp3) is 0.231. The normalized spacial score (nSPS) is 10.5. The highest BCUT2D eigenvalue weighted by Crippen LogP contribution is 2.35. The van der Waals surface area contributed by atoms with Gasteiger partial charge in [-0.15, -0.1) is 11.3 Å². The molecule has 1 N–H and O–H groups in total. The Bertz CT molecular complexity index is 546.